The van der Waals surface area contributed by atoms with Gasteiger partial charge in [-0.25, -0.2) is 0 Å². The molecule has 1 aliphatic heterocycles. The predicted molar refractivity (Wildman–Crippen MR) is 86.2 cm³/mol. The topological polar surface area (TPSA) is 56.6 Å². The van der Waals surface area contributed by atoms with Crippen LogP contribution in [0, 0.1) is 0 Å². The molecule has 0 bridgehead atoms. The molecule has 1 atom stereocenters. The van der Waals surface area contributed by atoms with E-state index >= 15 is 0 Å². The smallest absolute Gasteiger partial charge is 0.237 e. The van der Waals surface area contributed by atoms with Gasteiger partial charge in [0.15, 0.2) is 5.79 Å². The molecule has 7 heteroatoms. The summed E-state index contributed by atoms with van der Waals surface area (Å²) in [6.07, 6.45) is 7.39. The Labute approximate surface area is 141 Å². The molecule has 1 amide bonds. The molecular weight excluding hydrogens is 318 g/mol. The standard InChI is InChI=1S/C16H24ClN3O3/c1-16(2)22-11-14(23-16)10-19(15(21)6-17)8-12-7-18-20(9-12)13-4-3-5-13/h7,9,13-14H,3-6,8,10-11H2,1-2H3/t14-/m1/s1. The molecule has 1 aromatic rings. The van der Waals surface area contributed by atoms with E-state index in [-0.39, 0.29) is 17.9 Å². The lowest BCUT2D eigenvalue weighted by molar-refractivity contribution is -0.145. The van der Waals surface area contributed by atoms with E-state index < -0.39 is 5.79 Å². The Kier molecular flexibility index (Phi) is 4.94. The number of aromatic nitrogens is 2. The second-order valence-corrected chi connectivity index (χ2v) is 7.04. The van der Waals surface area contributed by atoms with Crippen LogP contribution in [0.15, 0.2) is 12.4 Å². The maximum Gasteiger partial charge on any atom is 0.237 e. The fourth-order valence-electron chi connectivity index (χ4n) is 2.97. The molecule has 3 rings (SSSR count). The van der Waals surface area contributed by atoms with Gasteiger partial charge >= 0.3 is 0 Å². The van der Waals surface area contributed by atoms with Crippen LogP contribution in [0.1, 0.15) is 44.7 Å². The summed E-state index contributed by atoms with van der Waals surface area (Å²) in [5.74, 6) is -0.722. The van der Waals surface area contributed by atoms with Crippen LogP contribution in [-0.2, 0) is 20.8 Å². The molecule has 0 N–H and O–H groups in total. The summed E-state index contributed by atoms with van der Waals surface area (Å²) in [5, 5.41) is 4.42. The molecule has 1 saturated carbocycles. The summed E-state index contributed by atoms with van der Waals surface area (Å²) in [7, 11) is 0. The highest BCUT2D eigenvalue weighted by atomic mass is 35.5. The number of halogens is 1. The van der Waals surface area contributed by atoms with Gasteiger partial charge in [-0.05, 0) is 33.1 Å². The van der Waals surface area contributed by atoms with Crippen molar-refractivity contribution in [2.75, 3.05) is 19.0 Å². The largest absolute Gasteiger partial charge is 0.348 e. The number of carbonyl (C=O) groups is 1. The lowest BCUT2D eigenvalue weighted by Crippen LogP contribution is -2.39. The molecule has 0 aromatic carbocycles. The molecule has 6 nitrogen and oxygen atoms in total. The lowest BCUT2D eigenvalue weighted by atomic mass is 9.93. The minimum atomic E-state index is -0.588. The van der Waals surface area contributed by atoms with Crippen LogP contribution in [0.4, 0.5) is 0 Å². The molecule has 2 heterocycles. The molecule has 23 heavy (non-hydrogen) atoms. The second kappa shape index (κ2) is 6.79. The number of ether oxygens (including phenoxy) is 2. The van der Waals surface area contributed by atoms with Crippen molar-refractivity contribution in [3.63, 3.8) is 0 Å². The van der Waals surface area contributed by atoms with E-state index in [1.165, 1.54) is 19.3 Å². The fourth-order valence-corrected chi connectivity index (χ4v) is 3.14. The van der Waals surface area contributed by atoms with Crippen molar-refractivity contribution >= 4 is 17.5 Å². The number of alkyl halides is 1. The van der Waals surface area contributed by atoms with Crippen LogP contribution in [0.25, 0.3) is 0 Å². The van der Waals surface area contributed by atoms with Crippen LogP contribution in [0.3, 0.4) is 0 Å². The van der Waals surface area contributed by atoms with Gasteiger partial charge in [0.05, 0.1) is 18.8 Å². The summed E-state index contributed by atoms with van der Waals surface area (Å²) in [6.45, 7) is 5.22. The molecule has 0 spiro atoms. The Balaban J connectivity index is 1.62. The van der Waals surface area contributed by atoms with E-state index in [2.05, 4.69) is 5.10 Å². The van der Waals surface area contributed by atoms with Crippen molar-refractivity contribution in [1.82, 2.24) is 14.7 Å². The van der Waals surface area contributed by atoms with Crippen LogP contribution < -0.4 is 0 Å². The highest BCUT2D eigenvalue weighted by Gasteiger charge is 2.34. The highest BCUT2D eigenvalue weighted by Crippen LogP contribution is 2.31. The highest BCUT2D eigenvalue weighted by molar-refractivity contribution is 6.27. The van der Waals surface area contributed by atoms with Crippen molar-refractivity contribution in [2.24, 2.45) is 0 Å². The zero-order valence-electron chi connectivity index (χ0n) is 13.7. The van der Waals surface area contributed by atoms with Gasteiger partial charge < -0.3 is 14.4 Å². The minimum absolute atomic E-state index is 0.0340. The number of nitrogens with zero attached hydrogens (tertiary/aromatic N) is 3. The Morgan fingerprint density at radius 3 is 2.87 bits per heavy atom. The number of hydrogen-bond acceptors (Lipinski definition) is 4. The van der Waals surface area contributed by atoms with E-state index in [4.69, 9.17) is 21.1 Å². The number of amides is 1. The Morgan fingerprint density at radius 2 is 2.30 bits per heavy atom. The van der Waals surface area contributed by atoms with Gasteiger partial charge in [-0.15, -0.1) is 11.6 Å². The third-order valence-corrected chi connectivity index (χ3v) is 4.66. The molecule has 1 aromatic heterocycles. The molecule has 0 unspecified atom stereocenters. The van der Waals surface area contributed by atoms with Crippen molar-refractivity contribution in [2.45, 2.75) is 57.6 Å². The van der Waals surface area contributed by atoms with Crippen molar-refractivity contribution in [3.8, 4) is 0 Å². The van der Waals surface area contributed by atoms with E-state index in [1.54, 1.807) is 4.90 Å². The SMILES string of the molecule is CC1(C)OC[C@@H](CN(Cc2cnn(C3CCC3)c2)C(=O)CCl)O1. The van der Waals surface area contributed by atoms with Gasteiger partial charge in [0.25, 0.3) is 0 Å². The van der Waals surface area contributed by atoms with Crippen molar-refractivity contribution in [3.05, 3.63) is 18.0 Å². The maximum absolute atomic E-state index is 12.1. The summed E-state index contributed by atoms with van der Waals surface area (Å²) in [4.78, 5) is 13.9. The summed E-state index contributed by atoms with van der Waals surface area (Å²) < 4.78 is 13.4. The zero-order chi connectivity index (χ0) is 16.4. The van der Waals surface area contributed by atoms with E-state index in [9.17, 15) is 4.79 Å². The minimum Gasteiger partial charge on any atom is -0.348 e. The van der Waals surface area contributed by atoms with Gasteiger partial charge in [-0.3, -0.25) is 9.48 Å². The summed E-state index contributed by atoms with van der Waals surface area (Å²) >= 11 is 5.76. The first-order chi connectivity index (χ1) is 11.0. The predicted octanol–water partition coefficient (Wildman–Crippen LogP) is 2.33. The molecule has 128 valence electrons. The molecule has 1 saturated heterocycles. The molecular formula is C16H24ClN3O3. The Morgan fingerprint density at radius 1 is 1.52 bits per heavy atom. The van der Waals surface area contributed by atoms with Crippen LogP contribution in [0.2, 0.25) is 0 Å². The normalized spacial score (nSPS) is 23.7. The van der Waals surface area contributed by atoms with Crippen LogP contribution in [-0.4, -0.2) is 51.5 Å². The molecule has 2 fully saturated rings. The average Bonchev–Trinajstić information content (AvgIpc) is 3.02. The summed E-state index contributed by atoms with van der Waals surface area (Å²) in [5.41, 5.74) is 1.02. The van der Waals surface area contributed by atoms with E-state index in [1.807, 2.05) is 30.9 Å². The third kappa shape index (κ3) is 4.05. The monoisotopic (exact) mass is 341 g/mol. The molecule has 0 radical (unpaired) electrons. The lowest BCUT2D eigenvalue weighted by Gasteiger charge is -2.26. The van der Waals surface area contributed by atoms with Gasteiger partial charge in [0.1, 0.15) is 12.0 Å². The first-order valence-electron chi connectivity index (χ1n) is 8.15. The maximum atomic E-state index is 12.1. The number of hydrogen-bond donors (Lipinski definition) is 0. The van der Waals surface area contributed by atoms with E-state index in [0.717, 1.165) is 5.56 Å². The zero-order valence-corrected chi connectivity index (χ0v) is 14.5. The summed E-state index contributed by atoms with van der Waals surface area (Å²) in [6, 6.07) is 0.522. The van der Waals surface area contributed by atoms with Gasteiger partial charge in [-0.2, -0.15) is 5.10 Å². The van der Waals surface area contributed by atoms with Gasteiger partial charge in [0, 0.05) is 24.8 Å². The van der Waals surface area contributed by atoms with Crippen molar-refractivity contribution < 1.29 is 14.3 Å². The fraction of sp³-hybridized carbons (Fsp3) is 0.750. The van der Waals surface area contributed by atoms with Gasteiger partial charge in [-0.1, -0.05) is 0 Å². The van der Waals surface area contributed by atoms with Crippen LogP contribution in [0.5, 0.6) is 0 Å². The average molecular weight is 342 g/mol. The van der Waals surface area contributed by atoms with Gasteiger partial charge in [0.2, 0.25) is 5.91 Å². The quantitative estimate of drug-likeness (QED) is 0.745. The first-order valence-corrected chi connectivity index (χ1v) is 8.69. The number of rotatable bonds is 6. The third-order valence-electron chi connectivity index (χ3n) is 4.44. The Hall–Kier alpha value is -1.11. The van der Waals surface area contributed by atoms with E-state index in [0.29, 0.717) is 25.7 Å². The van der Waals surface area contributed by atoms with Crippen LogP contribution >= 0.6 is 11.6 Å². The second-order valence-electron chi connectivity index (χ2n) is 6.77. The molecule has 1 aliphatic carbocycles. The molecule has 2 aliphatic rings. The number of carbonyl (C=O) groups excluding carboxylic acids is 1. The van der Waals surface area contributed by atoms with Crippen molar-refractivity contribution in [1.29, 1.82) is 0 Å². The first kappa shape index (κ1) is 16.7. The Bertz CT molecular complexity index is 557.